The number of halogens is 1. The van der Waals surface area contributed by atoms with Gasteiger partial charge in [0, 0.05) is 6.92 Å². The highest BCUT2D eigenvalue weighted by Gasteiger charge is 2.14. The fraction of sp³-hybridized carbons (Fsp3) is 0.200. The number of hydrogen-bond donors (Lipinski definition) is 2. The quantitative estimate of drug-likeness (QED) is 0.851. The van der Waals surface area contributed by atoms with E-state index >= 15 is 0 Å². The van der Waals surface area contributed by atoms with E-state index in [0.29, 0.717) is 0 Å². The number of amides is 1. The van der Waals surface area contributed by atoms with E-state index in [1.807, 2.05) is 0 Å². The van der Waals surface area contributed by atoms with Gasteiger partial charge in [-0.15, -0.1) is 0 Å². The van der Waals surface area contributed by atoms with Gasteiger partial charge >= 0.3 is 5.97 Å². The molecule has 0 aliphatic heterocycles. The Hall–Kier alpha value is -1.75. The molecule has 6 heteroatoms. The lowest BCUT2D eigenvalue weighted by Gasteiger charge is -2.10. The molecular formula is C10H10ClNO4. The number of carbonyl (C=O) groups is 2. The van der Waals surface area contributed by atoms with Crippen molar-refractivity contribution in [3.8, 4) is 5.75 Å². The number of benzene rings is 1. The predicted molar refractivity (Wildman–Crippen MR) is 59.3 cm³/mol. The second-order valence-corrected chi connectivity index (χ2v) is 3.40. The summed E-state index contributed by atoms with van der Waals surface area (Å²) in [6.45, 7) is 1.30. The number of nitrogens with one attached hydrogen (secondary N) is 1. The molecule has 1 rings (SSSR count). The molecule has 5 nitrogen and oxygen atoms in total. The molecule has 0 radical (unpaired) electrons. The Balaban J connectivity index is 3.29. The Labute approximate surface area is 97.0 Å². The third-order valence-corrected chi connectivity index (χ3v) is 2.21. The molecule has 0 unspecified atom stereocenters. The van der Waals surface area contributed by atoms with Crippen LogP contribution in [-0.2, 0) is 4.79 Å². The van der Waals surface area contributed by atoms with Crippen LogP contribution in [0, 0.1) is 0 Å². The van der Waals surface area contributed by atoms with Crippen LogP contribution < -0.4 is 10.1 Å². The minimum atomic E-state index is -1.12. The lowest BCUT2D eigenvalue weighted by molar-refractivity contribution is -0.114. The third-order valence-electron chi connectivity index (χ3n) is 1.82. The van der Waals surface area contributed by atoms with Gasteiger partial charge in [0.2, 0.25) is 5.91 Å². The molecule has 0 bridgehead atoms. The third kappa shape index (κ3) is 2.64. The molecule has 0 aliphatic rings. The van der Waals surface area contributed by atoms with Crippen LogP contribution in [0.4, 0.5) is 5.69 Å². The van der Waals surface area contributed by atoms with E-state index in [2.05, 4.69) is 5.32 Å². The first-order valence-electron chi connectivity index (χ1n) is 4.34. The van der Waals surface area contributed by atoms with Crippen LogP contribution in [-0.4, -0.2) is 24.1 Å². The lowest BCUT2D eigenvalue weighted by Crippen LogP contribution is -2.08. The Morgan fingerprint density at radius 3 is 2.50 bits per heavy atom. The summed E-state index contributed by atoms with van der Waals surface area (Å²) < 4.78 is 4.91. The largest absolute Gasteiger partial charge is 0.495 e. The van der Waals surface area contributed by atoms with Gasteiger partial charge in [-0.25, -0.2) is 4.79 Å². The van der Waals surface area contributed by atoms with Crippen LogP contribution in [0.25, 0.3) is 0 Å². The maximum Gasteiger partial charge on any atom is 0.335 e. The summed E-state index contributed by atoms with van der Waals surface area (Å²) in [5, 5.41) is 11.4. The van der Waals surface area contributed by atoms with Crippen LogP contribution in [0.3, 0.4) is 0 Å². The van der Waals surface area contributed by atoms with Crippen molar-refractivity contribution in [2.24, 2.45) is 0 Å². The van der Waals surface area contributed by atoms with E-state index < -0.39 is 5.97 Å². The number of hydrogen-bond acceptors (Lipinski definition) is 3. The molecule has 2 N–H and O–H groups in total. The smallest absolute Gasteiger partial charge is 0.335 e. The van der Waals surface area contributed by atoms with E-state index in [1.165, 1.54) is 26.2 Å². The van der Waals surface area contributed by atoms with E-state index in [4.69, 9.17) is 21.4 Å². The number of rotatable bonds is 3. The zero-order chi connectivity index (χ0) is 12.3. The van der Waals surface area contributed by atoms with Gasteiger partial charge in [0.05, 0.1) is 18.4 Å². The van der Waals surface area contributed by atoms with Crippen molar-refractivity contribution < 1.29 is 19.4 Å². The Morgan fingerprint density at radius 2 is 2.06 bits per heavy atom. The highest BCUT2D eigenvalue weighted by atomic mass is 35.5. The normalized spacial score (nSPS) is 9.69. The van der Waals surface area contributed by atoms with Crippen LogP contribution in [0.5, 0.6) is 5.75 Å². The molecule has 0 aliphatic carbocycles. The molecule has 0 fully saturated rings. The molecule has 0 atom stereocenters. The lowest BCUT2D eigenvalue weighted by atomic mass is 10.2. The van der Waals surface area contributed by atoms with E-state index in [1.54, 1.807) is 0 Å². The zero-order valence-corrected chi connectivity index (χ0v) is 9.46. The van der Waals surface area contributed by atoms with Gasteiger partial charge in [-0.1, -0.05) is 11.6 Å². The minimum absolute atomic E-state index is 0.00926. The molecule has 1 amide bonds. The van der Waals surface area contributed by atoms with Gasteiger partial charge < -0.3 is 15.2 Å². The monoisotopic (exact) mass is 243 g/mol. The molecule has 0 saturated carbocycles. The number of carbonyl (C=O) groups excluding carboxylic acids is 1. The van der Waals surface area contributed by atoms with Crippen molar-refractivity contribution >= 4 is 29.2 Å². The van der Waals surface area contributed by atoms with Crippen molar-refractivity contribution in [2.45, 2.75) is 6.92 Å². The van der Waals surface area contributed by atoms with Crippen molar-refractivity contribution in [2.75, 3.05) is 12.4 Å². The van der Waals surface area contributed by atoms with Crippen molar-refractivity contribution in [3.63, 3.8) is 0 Å². The van der Waals surface area contributed by atoms with Gasteiger partial charge in [0.1, 0.15) is 10.8 Å². The maximum atomic E-state index is 10.9. The summed E-state index contributed by atoms with van der Waals surface area (Å²) in [4.78, 5) is 21.7. The van der Waals surface area contributed by atoms with Crippen LogP contribution >= 0.6 is 11.6 Å². The minimum Gasteiger partial charge on any atom is -0.495 e. The number of ether oxygens (including phenoxy) is 1. The zero-order valence-electron chi connectivity index (χ0n) is 8.70. The number of methoxy groups -OCH3 is 1. The van der Waals surface area contributed by atoms with Crippen molar-refractivity contribution in [1.29, 1.82) is 0 Å². The second-order valence-electron chi connectivity index (χ2n) is 3.03. The standard InChI is InChI=1S/C10H10ClNO4/c1-5(13)12-7-3-6(10(14)15)4-8(16-2)9(7)11/h3-4H,1-2H3,(H,12,13)(H,14,15). The van der Waals surface area contributed by atoms with Gasteiger partial charge in [0.15, 0.2) is 0 Å². The highest BCUT2D eigenvalue weighted by molar-refractivity contribution is 6.35. The average Bonchev–Trinajstić information content (AvgIpc) is 2.20. The fourth-order valence-electron chi connectivity index (χ4n) is 1.15. The van der Waals surface area contributed by atoms with Crippen LogP contribution in [0.2, 0.25) is 5.02 Å². The summed E-state index contributed by atoms with van der Waals surface area (Å²) in [5.74, 6) is -1.27. The second kappa shape index (κ2) is 4.85. The summed E-state index contributed by atoms with van der Waals surface area (Å²) in [6, 6.07) is 2.56. The van der Waals surface area contributed by atoms with Gasteiger partial charge in [-0.2, -0.15) is 0 Å². The molecule has 1 aromatic rings. The topological polar surface area (TPSA) is 75.6 Å². The molecule has 0 spiro atoms. The van der Waals surface area contributed by atoms with E-state index in [0.717, 1.165) is 0 Å². The first-order chi connectivity index (χ1) is 7.45. The van der Waals surface area contributed by atoms with Crippen LogP contribution in [0.1, 0.15) is 17.3 Å². The molecule has 0 aromatic heterocycles. The van der Waals surface area contributed by atoms with Gasteiger partial charge in [-0.3, -0.25) is 4.79 Å². The first-order valence-corrected chi connectivity index (χ1v) is 4.72. The fourth-order valence-corrected chi connectivity index (χ4v) is 1.38. The molecular weight excluding hydrogens is 234 g/mol. The number of anilines is 1. The number of carboxylic acids is 1. The molecule has 86 valence electrons. The highest BCUT2D eigenvalue weighted by Crippen LogP contribution is 2.33. The Bertz CT molecular complexity index is 445. The van der Waals surface area contributed by atoms with E-state index in [-0.39, 0.29) is 27.9 Å². The molecule has 1 aromatic carbocycles. The summed E-state index contributed by atoms with van der Waals surface area (Å²) in [6.07, 6.45) is 0. The van der Waals surface area contributed by atoms with Gasteiger partial charge in [0.25, 0.3) is 0 Å². The Kier molecular flexibility index (Phi) is 3.73. The summed E-state index contributed by atoms with van der Waals surface area (Å²) >= 11 is 5.90. The van der Waals surface area contributed by atoms with Gasteiger partial charge in [-0.05, 0) is 12.1 Å². The van der Waals surface area contributed by atoms with E-state index in [9.17, 15) is 9.59 Å². The molecule has 0 saturated heterocycles. The SMILES string of the molecule is COc1cc(C(=O)O)cc(NC(C)=O)c1Cl. The number of carboxylic acid groups (broad SMARTS) is 1. The molecule has 16 heavy (non-hydrogen) atoms. The molecule has 0 heterocycles. The summed E-state index contributed by atoms with van der Waals surface area (Å²) in [5.41, 5.74) is 0.205. The van der Waals surface area contributed by atoms with Crippen molar-refractivity contribution in [3.05, 3.63) is 22.7 Å². The number of aromatic carboxylic acids is 1. The van der Waals surface area contributed by atoms with Crippen molar-refractivity contribution in [1.82, 2.24) is 0 Å². The predicted octanol–water partition coefficient (Wildman–Crippen LogP) is 2.01. The first kappa shape index (κ1) is 12.3. The Morgan fingerprint density at radius 1 is 1.44 bits per heavy atom. The average molecular weight is 244 g/mol. The summed E-state index contributed by atoms with van der Waals surface area (Å²) in [7, 11) is 1.37. The van der Waals surface area contributed by atoms with Crippen LogP contribution in [0.15, 0.2) is 12.1 Å². The maximum absolute atomic E-state index is 10.9.